The average Bonchev–Trinajstić information content (AvgIpc) is 3.38. The molecule has 0 saturated carbocycles. The summed E-state index contributed by atoms with van der Waals surface area (Å²) in [6.45, 7) is 1.83. The first-order chi connectivity index (χ1) is 13.6. The highest BCUT2D eigenvalue weighted by Gasteiger charge is 2.37. The van der Waals surface area contributed by atoms with Crippen LogP contribution in [-0.4, -0.2) is 31.8 Å². The van der Waals surface area contributed by atoms with E-state index in [4.69, 9.17) is 16.0 Å². The van der Waals surface area contributed by atoms with E-state index in [1.807, 2.05) is 43.3 Å². The molecule has 0 spiro atoms. The first kappa shape index (κ1) is 18.7. The van der Waals surface area contributed by atoms with Gasteiger partial charge in [0.15, 0.2) is 5.16 Å². The van der Waals surface area contributed by atoms with Crippen molar-refractivity contribution >= 4 is 35.0 Å². The number of benzene rings is 1. The number of aromatic nitrogens is 2. The number of carbonyl (C=O) groups excluding carboxylic acids is 1. The molecule has 0 bridgehead atoms. The third-order valence-electron chi connectivity index (χ3n) is 4.36. The third-order valence-corrected chi connectivity index (χ3v) is 5.59. The fourth-order valence-electron chi connectivity index (χ4n) is 2.97. The van der Waals surface area contributed by atoms with Crippen LogP contribution in [0.5, 0.6) is 0 Å². The predicted octanol–water partition coefficient (Wildman–Crippen LogP) is 4.58. The van der Waals surface area contributed by atoms with E-state index in [0.29, 0.717) is 22.4 Å². The van der Waals surface area contributed by atoms with Gasteiger partial charge in [-0.3, -0.25) is 4.79 Å². The van der Waals surface area contributed by atoms with Gasteiger partial charge < -0.3 is 4.42 Å². The number of thioether (sulfide) groups is 1. The summed E-state index contributed by atoms with van der Waals surface area (Å²) >= 11 is 7.30. The van der Waals surface area contributed by atoms with Crippen molar-refractivity contribution in [2.24, 2.45) is 5.10 Å². The third kappa shape index (κ3) is 3.95. The van der Waals surface area contributed by atoms with E-state index in [1.54, 1.807) is 24.7 Å². The Hall–Kier alpha value is -2.64. The van der Waals surface area contributed by atoms with Gasteiger partial charge in [0.25, 0.3) is 5.91 Å². The lowest BCUT2D eigenvalue weighted by Gasteiger charge is -2.22. The average molecular weight is 413 g/mol. The Morgan fingerprint density at radius 3 is 2.64 bits per heavy atom. The topological polar surface area (TPSA) is 71.6 Å². The van der Waals surface area contributed by atoms with Crippen molar-refractivity contribution in [1.82, 2.24) is 15.0 Å². The maximum absolute atomic E-state index is 13.2. The first-order valence-corrected chi connectivity index (χ1v) is 10.0. The molecule has 0 N–H and O–H groups in total. The maximum Gasteiger partial charge on any atom is 0.256 e. The van der Waals surface area contributed by atoms with E-state index in [2.05, 4.69) is 15.1 Å². The van der Waals surface area contributed by atoms with E-state index < -0.39 is 5.25 Å². The number of hydrazone groups is 1. The second-order valence-corrected chi connectivity index (χ2v) is 8.01. The molecule has 28 heavy (non-hydrogen) atoms. The number of halogens is 1. The van der Waals surface area contributed by atoms with Gasteiger partial charge in [-0.25, -0.2) is 15.0 Å². The van der Waals surface area contributed by atoms with Crippen LogP contribution < -0.4 is 0 Å². The zero-order valence-corrected chi connectivity index (χ0v) is 16.6. The Bertz CT molecular complexity index is 977. The molecule has 3 heterocycles. The minimum Gasteiger partial charge on any atom is -0.467 e. The molecule has 0 unspecified atom stereocenters. The van der Waals surface area contributed by atoms with Crippen LogP contribution in [0.4, 0.5) is 0 Å². The molecular formula is C20H17ClN4O2S. The van der Waals surface area contributed by atoms with Crippen LogP contribution in [0, 0.1) is 0 Å². The number of hydrogen-bond acceptors (Lipinski definition) is 6. The van der Waals surface area contributed by atoms with Crippen LogP contribution in [0.1, 0.15) is 30.7 Å². The Balaban J connectivity index is 1.60. The molecule has 0 saturated heterocycles. The summed E-state index contributed by atoms with van der Waals surface area (Å²) in [7, 11) is 0. The van der Waals surface area contributed by atoms with E-state index in [1.165, 1.54) is 16.8 Å². The summed E-state index contributed by atoms with van der Waals surface area (Å²) in [5.41, 5.74) is 1.75. The molecule has 1 aliphatic rings. The van der Waals surface area contributed by atoms with Gasteiger partial charge in [-0.15, -0.1) is 0 Å². The van der Waals surface area contributed by atoms with Gasteiger partial charge in [0.2, 0.25) is 0 Å². The molecule has 8 heteroatoms. The Labute approximate surface area is 171 Å². The first-order valence-electron chi connectivity index (χ1n) is 8.75. The highest BCUT2D eigenvalue weighted by Crippen LogP contribution is 2.35. The number of amides is 1. The predicted molar refractivity (Wildman–Crippen MR) is 108 cm³/mol. The summed E-state index contributed by atoms with van der Waals surface area (Å²) in [6.07, 6.45) is 5.49. The van der Waals surface area contributed by atoms with Crippen molar-refractivity contribution in [1.29, 1.82) is 0 Å². The van der Waals surface area contributed by atoms with E-state index in [9.17, 15) is 4.79 Å². The number of carbonyl (C=O) groups is 1. The molecule has 1 aromatic carbocycles. The zero-order chi connectivity index (χ0) is 19.5. The van der Waals surface area contributed by atoms with Gasteiger partial charge in [0.1, 0.15) is 11.8 Å². The number of hydrogen-bond donors (Lipinski definition) is 0. The van der Waals surface area contributed by atoms with Crippen molar-refractivity contribution < 1.29 is 9.21 Å². The summed E-state index contributed by atoms with van der Waals surface area (Å²) < 4.78 is 5.58. The fraction of sp³-hybridized carbons (Fsp3) is 0.200. The van der Waals surface area contributed by atoms with E-state index >= 15 is 0 Å². The minimum atomic E-state index is -0.395. The molecule has 0 aliphatic carbocycles. The minimum absolute atomic E-state index is 0.122. The van der Waals surface area contributed by atoms with Gasteiger partial charge in [0, 0.05) is 23.8 Å². The molecular weight excluding hydrogens is 396 g/mol. The molecule has 1 amide bonds. The van der Waals surface area contributed by atoms with E-state index in [0.717, 1.165) is 11.3 Å². The lowest BCUT2D eigenvalue weighted by Crippen LogP contribution is -2.33. The number of nitrogens with zero attached hydrogens (tertiary/aromatic N) is 4. The SMILES string of the molecule is C[C@H](Sc1ncccn1)C(=O)N1N=C(c2ccc(Cl)cc2)C[C@H]1c1ccco1. The van der Waals surface area contributed by atoms with E-state index in [-0.39, 0.29) is 11.9 Å². The van der Waals surface area contributed by atoms with Crippen LogP contribution in [0.3, 0.4) is 0 Å². The molecule has 0 radical (unpaired) electrons. The standard InChI is InChI=1S/C20H17ClN4O2S/c1-13(28-20-22-9-3-10-23-20)19(26)25-17(18-4-2-11-27-18)12-16(24-25)14-5-7-15(21)8-6-14/h2-11,13,17H,12H2,1H3/t13-,17-/m0/s1. The highest BCUT2D eigenvalue weighted by molar-refractivity contribution is 8.00. The van der Waals surface area contributed by atoms with Crippen LogP contribution in [-0.2, 0) is 4.79 Å². The molecule has 2 atom stereocenters. The summed E-state index contributed by atoms with van der Waals surface area (Å²) in [5.74, 6) is 0.581. The molecule has 1 aliphatic heterocycles. The summed E-state index contributed by atoms with van der Waals surface area (Å²) in [6, 6.07) is 12.6. The Morgan fingerprint density at radius 1 is 1.21 bits per heavy atom. The quantitative estimate of drug-likeness (QED) is 0.453. The van der Waals surface area contributed by atoms with Crippen molar-refractivity contribution in [2.75, 3.05) is 0 Å². The maximum atomic E-state index is 13.2. The molecule has 4 rings (SSSR count). The number of furan rings is 1. The van der Waals surface area contributed by atoms with Gasteiger partial charge in [-0.1, -0.05) is 35.5 Å². The fourth-order valence-corrected chi connectivity index (χ4v) is 3.87. The van der Waals surface area contributed by atoms with Crippen molar-refractivity contribution in [3.05, 3.63) is 77.5 Å². The van der Waals surface area contributed by atoms with Crippen LogP contribution >= 0.6 is 23.4 Å². The smallest absolute Gasteiger partial charge is 0.256 e. The lowest BCUT2D eigenvalue weighted by atomic mass is 10.0. The van der Waals surface area contributed by atoms with Crippen LogP contribution in [0.15, 0.2) is 75.8 Å². The molecule has 0 fully saturated rings. The van der Waals surface area contributed by atoms with Crippen molar-refractivity contribution in [3.63, 3.8) is 0 Å². The zero-order valence-electron chi connectivity index (χ0n) is 15.0. The lowest BCUT2D eigenvalue weighted by molar-refractivity contribution is -0.132. The van der Waals surface area contributed by atoms with Gasteiger partial charge in [-0.2, -0.15) is 5.10 Å². The summed E-state index contributed by atoms with van der Waals surface area (Å²) in [4.78, 5) is 21.5. The van der Waals surface area contributed by atoms with Gasteiger partial charge in [-0.05, 0) is 42.8 Å². The largest absolute Gasteiger partial charge is 0.467 e. The Kier molecular flexibility index (Phi) is 5.45. The second kappa shape index (κ2) is 8.16. The van der Waals surface area contributed by atoms with Gasteiger partial charge in [0.05, 0.1) is 17.2 Å². The normalized spacial score (nSPS) is 17.4. The monoisotopic (exact) mass is 412 g/mol. The molecule has 142 valence electrons. The van der Waals surface area contributed by atoms with Crippen LogP contribution in [0.2, 0.25) is 5.02 Å². The Morgan fingerprint density at radius 2 is 1.96 bits per heavy atom. The highest BCUT2D eigenvalue weighted by atomic mass is 35.5. The molecule has 2 aromatic heterocycles. The van der Waals surface area contributed by atoms with Crippen molar-refractivity contribution in [3.8, 4) is 0 Å². The van der Waals surface area contributed by atoms with Crippen LogP contribution in [0.25, 0.3) is 0 Å². The van der Waals surface area contributed by atoms with Crippen molar-refractivity contribution in [2.45, 2.75) is 29.8 Å². The molecule has 6 nitrogen and oxygen atoms in total. The number of rotatable bonds is 5. The second-order valence-electron chi connectivity index (χ2n) is 6.26. The van der Waals surface area contributed by atoms with Gasteiger partial charge >= 0.3 is 0 Å². The summed E-state index contributed by atoms with van der Waals surface area (Å²) in [5, 5.41) is 6.97. The molecule has 3 aromatic rings.